The molecule has 0 spiro atoms. The van der Waals surface area contributed by atoms with Gasteiger partial charge in [0.1, 0.15) is 17.3 Å². The van der Waals surface area contributed by atoms with Crippen molar-refractivity contribution in [1.82, 2.24) is 0 Å². The molecule has 0 radical (unpaired) electrons. The van der Waals surface area contributed by atoms with Gasteiger partial charge in [0.05, 0.1) is 0 Å². The van der Waals surface area contributed by atoms with Crippen LogP contribution in [0.2, 0.25) is 0 Å². The number of carbonyl (C=O) groups excluding carboxylic acids is 2. The number of ether oxygens (including phenoxy) is 1. The van der Waals surface area contributed by atoms with Gasteiger partial charge in [-0.1, -0.05) is 12.1 Å². The highest BCUT2D eigenvalue weighted by atomic mass is 16.6. The first-order valence-corrected chi connectivity index (χ1v) is 5.99. The van der Waals surface area contributed by atoms with E-state index in [1.165, 1.54) is 12.1 Å². The number of hydrogen-bond donors (Lipinski definition) is 3. The van der Waals surface area contributed by atoms with Gasteiger partial charge < -0.3 is 21.3 Å². The summed E-state index contributed by atoms with van der Waals surface area (Å²) in [4.78, 5) is 23.1. The lowest BCUT2D eigenvalue weighted by Crippen LogP contribution is -2.41. The van der Waals surface area contributed by atoms with E-state index >= 15 is 0 Å². The molecule has 1 aromatic rings. The molecule has 0 amide bonds. The topological polar surface area (TPSA) is 116 Å². The SMILES string of the molecule is N[C@@H](Cc1ccc(O)cc1)C(=O)OC(=O)C1(N)CC1. The van der Waals surface area contributed by atoms with Crippen molar-refractivity contribution < 1.29 is 19.4 Å². The lowest BCUT2D eigenvalue weighted by molar-refractivity contribution is -0.162. The Kier molecular flexibility index (Phi) is 3.55. The van der Waals surface area contributed by atoms with Crippen molar-refractivity contribution >= 4 is 11.9 Å². The molecule has 0 saturated heterocycles. The smallest absolute Gasteiger partial charge is 0.333 e. The Morgan fingerprint density at radius 2 is 1.89 bits per heavy atom. The second-order valence-electron chi connectivity index (χ2n) is 4.84. The molecule has 1 aliphatic rings. The molecule has 1 fully saturated rings. The van der Waals surface area contributed by atoms with Crippen LogP contribution >= 0.6 is 0 Å². The quantitative estimate of drug-likeness (QED) is 0.513. The summed E-state index contributed by atoms with van der Waals surface area (Å²) in [6.07, 6.45) is 1.29. The molecule has 0 heterocycles. The fourth-order valence-corrected chi connectivity index (χ4v) is 1.58. The minimum Gasteiger partial charge on any atom is -0.508 e. The van der Waals surface area contributed by atoms with Gasteiger partial charge in [0, 0.05) is 0 Å². The number of phenols is 1. The lowest BCUT2D eigenvalue weighted by atomic mass is 10.1. The number of rotatable bonds is 4. The van der Waals surface area contributed by atoms with Gasteiger partial charge in [-0.3, -0.25) is 0 Å². The molecule has 0 aliphatic heterocycles. The highest BCUT2D eigenvalue weighted by Crippen LogP contribution is 2.33. The van der Waals surface area contributed by atoms with Crippen molar-refractivity contribution in [2.75, 3.05) is 0 Å². The molecule has 1 saturated carbocycles. The first kappa shape index (κ1) is 13.5. The van der Waals surface area contributed by atoms with E-state index in [-0.39, 0.29) is 12.2 Å². The van der Waals surface area contributed by atoms with Gasteiger partial charge >= 0.3 is 11.9 Å². The summed E-state index contributed by atoms with van der Waals surface area (Å²) in [5.41, 5.74) is 11.1. The summed E-state index contributed by atoms with van der Waals surface area (Å²) >= 11 is 0. The van der Waals surface area contributed by atoms with E-state index in [4.69, 9.17) is 16.6 Å². The average molecular weight is 264 g/mol. The Hall–Kier alpha value is -1.92. The van der Waals surface area contributed by atoms with Crippen molar-refractivity contribution in [3.05, 3.63) is 29.8 Å². The van der Waals surface area contributed by atoms with E-state index < -0.39 is 23.5 Å². The summed E-state index contributed by atoms with van der Waals surface area (Å²) in [6, 6.07) is 5.36. The minimum absolute atomic E-state index is 0.133. The first-order chi connectivity index (χ1) is 8.90. The van der Waals surface area contributed by atoms with Crippen molar-refractivity contribution in [2.45, 2.75) is 30.8 Å². The van der Waals surface area contributed by atoms with Crippen LogP contribution in [-0.2, 0) is 20.7 Å². The molecule has 0 aromatic heterocycles. The summed E-state index contributed by atoms with van der Waals surface area (Å²) < 4.78 is 4.66. The molecule has 19 heavy (non-hydrogen) atoms. The predicted octanol–water partition coefficient (Wildman–Crippen LogP) is -0.177. The number of aromatic hydroxyl groups is 1. The maximum Gasteiger partial charge on any atom is 0.333 e. The number of hydrogen-bond acceptors (Lipinski definition) is 6. The Labute approximate surface area is 110 Å². The molecule has 6 nitrogen and oxygen atoms in total. The third-order valence-electron chi connectivity index (χ3n) is 3.08. The van der Waals surface area contributed by atoms with Crippen molar-refractivity contribution in [3.63, 3.8) is 0 Å². The number of benzene rings is 1. The number of esters is 2. The molecule has 0 bridgehead atoms. The van der Waals surface area contributed by atoms with Crippen LogP contribution in [-0.4, -0.2) is 28.6 Å². The van der Waals surface area contributed by atoms with Crippen molar-refractivity contribution in [3.8, 4) is 5.75 Å². The van der Waals surface area contributed by atoms with Gasteiger partial charge in [-0.25, -0.2) is 9.59 Å². The normalized spacial score (nSPS) is 17.6. The maximum absolute atomic E-state index is 11.6. The molecule has 1 atom stereocenters. The maximum atomic E-state index is 11.6. The largest absolute Gasteiger partial charge is 0.508 e. The zero-order valence-corrected chi connectivity index (χ0v) is 10.3. The summed E-state index contributed by atoms with van der Waals surface area (Å²) in [7, 11) is 0. The van der Waals surface area contributed by atoms with Crippen LogP contribution in [0.15, 0.2) is 24.3 Å². The van der Waals surface area contributed by atoms with E-state index in [2.05, 4.69) is 4.74 Å². The molecule has 2 rings (SSSR count). The van der Waals surface area contributed by atoms with Gasteiger partial charge in [0.2, 0.25) is 0 Å². The molecule has 6 heteroatoms. The zero-order valence-electron chi connectivity index (χ0n) is 10.3. The average Bonchev–Trinajstić information content (AvgIpc) is 3.11. The predicted molar refractivity (Wildman–Crippen MR) is 67.0 cm³/mol. The zero-order chi connectivity index (χ0) is 14.0. The molecule has 1 aliphatic carbocycles. The van der Waals surface area contributed by atoms with Crippen LogP contribution in [0, 0.1) is 0 Å². The van der Waals surface area contributed by atoms with Crippen LogP contribution in [0.5, 0.6) is 5.75 Å². The molecule has 0 unspecified atom stereocenters. The fourth-order valence-electron chi connectivity index (χ4n) is 1.58. The third-order valence-corrected chi connectivity index (χ3v) is 3.08. The van der Waals surface area contributed by atoms with E-state index in [1.54, 1.807) is 12.1 Å². The van der Waals surface area contributed by atoms with Crippen LogP contribution in [0.25, 0.3) is 0 Å². The number of phenolic OH excluding ortho intramolecular Hbond substituents is 1. The molecule has 1 aromatic carbocycles. The van der Waals surface area contributed by atoms with Crippen molar-refractivity contribution in [1.29, 1.82) is 0 Å². The Balaban J connectivity index is 1.88. The lowest BCUT2D eigenvalue weighted by Gasteiger charge is -2.12. The van der Waals surface area contributed by atoms with Crippen LogP contribution in [0.1, 0.15) is 18.4 Å². The highest BCUT2D eigenvalue weighted by molar-refractivity contribution is 5.94. The van der Waals surface area contributed by atoms with Crippen LogP contribution in [0.4, 0.5) is 0 Å². The summed E-state index contributed by atoms with van der Waals surface area (Å²) in [5, 5.41) is 9.13. The number of nitrogens with two attached hydrogens (primary N) is 2. The highest BCUT2D eigenvalue weighted by Gasteiger charge is 2.48. The first-order valence-electron chi connectivity index (χ1n) is 5.99. The van der Waals surface area contributed by atoms with Gasteiger partial charge in [0.15, 0.2) is 0 Å². The second-order valence-corrected chi connectivity index (χ2v) is 4.84. The Morgan fingerprint density at radius 1 is 1.32 bits per heavy atom. The van der Waals surface area contributed by atoms with Gasteiger partial charge in [0.25, 0.3) is 0 Å². The summed E-state index contributed by atoms with van der Waals surface area (Å²) in [6.45, 7) is 0. The van der Waals surface area contributed by atoms with E-state index in [9.17, 15) is 9.59 Å². The molecular formula is C13H16N2O4. The van der Waals surface area contributed by atoms with Gasteiger partial charge in [-0.15, -0.1) is 0 Å². The fraction of sp³-hybridized carbons (Fsp3) is 0.385. The van der Waals surface area contributed by atoms with Crippen LogP contribution < -0.4 is 11.5 Å². The second kappa shape index (κ2) is 4.99. The van der Waals surface area contributed by atoms with Gasteiger partial charge in [-0.05, 0) is 37.0 Å². The van der Waals surface area contributed by atoms with Crippen molar-refractivity contribution in [2.24, 2.45) is 11.5 Å². The monoisotopic (exact) mass is 264 g/mol. The Morgan fingerprint density at radius 3 is 2.42 bits per heavy atom. The molecular weight excluding hydrogens is 248 g/mol. The number of carbonyl (C=O) groups is 2. The standard InChI is InChI=1S/C13H16N2O4/c14-10(7-8-1-3-9(16)4-2-8)11(17)19-12(18)13(15)5-6-13/h1-4,10,16H,5-7,14-15H2/t10-/m0/s1. The van der Waals surface area contributed by atoms with Gasteiger partial charge in [-0.2, -0.15) is 0 Å². The minimum atomic E-state index is -0.992. The Bertz CT molecular complexity index is 494. The van der Waals surface area contributed by atoms with Crippen LogP contribution in [0.3, 0.4) is 0 Å². The van der Waals surface area contributed by atoms with E-state index in [1.807, 2.05) is 0 Å². The molecule has 102 valence electrons. The summed E-state index contributed by atoms with van der Waals surface area (Å²) in [5.74, 6) is -1.36. The molecule has 5 N–H and O–H groups in total. The van der Waals surface area contributed by atoms with E-state index in [0.29, 0.717) is 12.8 Å². The third kappa shape index (κ3) is 3.30. The van der Waals surface area contributed by atoms with E-state index in [0.717, 1.165) is 5.56 Å².